The molecule has 0 saturated heterocycles. The molecule has 0 fully saturated rings. The van der Waals surface area contributed by atoms with Crippen molar-refractivity contribution in [2.45, 2.75) is 69.2 Å². The summed E-state index contributed by atoms with van der Waals surface area (Å²) < 4.78 is 0. The molecular formula is C22H40S. The van der Waals surface area contributed by atoms with Gasteiger partial charge in [0.05, 0.1) is 0 Å². The van der Waals surface area contributed by atoms with Gasteiger partial charge in [0.1, 0.15) is 0 Å². The number of hydrogen-bond donors (Lipinski definition) is 0. The van der Waals surface area contributed by atoms with Gasteiger partial charge in [-0.05, 0) is 25.0 Å². The van der Waals surface area contributed by atoms with Crippen molar-refractivity contribution < 1.29 is 0 Å². The van der Waals surface area contributed by atoms with Gasteiger partial charge in [-0.1, -0.05) is 105 Å². The lowest BCUT2D eigenvalue weighted by Gasteiger charge is -1.95. The fourth-order valence-electron chi connectivity index (χ4n) is 1.47. The maximum absolute atomic E-state index is 3.84. The molecule has 1 rings (SSSR count). The highest BCUT2D eigenvalue weighted by Gasteiger charge is 2.09. The van der Waals surface area contributed by atoms with E-state index in [1.807, 2.05) is 81.4 Å². The molecule has 0 unspecified atom stereocenters. The summed E-state index contributed by atoms with van der Waals surface area (Å²) in [6.45, 7) is 27.7. The number of hydrogen-bond acceptors (Lipinski definition) is 1. The third-order valence-corrected chi connectivity index (χ3v) is 3.29. The molecule has 0 saturated carbocycles. The first-order chi connectivity index (χ1) is 11.3. The molecule has 23 heavy (non-hydrogen) atoms. The van der Waals surface area contributed by atoms with Crippen LogP contribution in [-0.4, -0.2) is 0 Å². The molecule has 0 atom stereocenters. The molecule has 1 heteroatoms. The SMILES string of the molecule is C=Cc1sc(C=C)c(/C=C\C)c1/C=C\C.CC.CC.CC.CC. The molecule has 0 amide bonds. The Kier molecular flexibility index (Phi) is 33.0. The van der Waals surface area contributed by atoms with E-state index in [1.54, 1.807) is 11.3 Å². The Morgan fingerprint density at radius 3 is 1.04 bits per heavy atom. The van der Waals surface area contributed by atoms with E-state index in [0.29, 0.717) is 0 Å². The molecule has 134 valence electrons. The number of rotatable bonds is 4. The Balaban J connectivity index is -0.000000196. The van der Waals surface area contributed by atoms with Crippen molar-refractivity contribution in [2.75, 3.05) is 0 Å². The van der Waals surface area contributed by atoms with E-state index in [1.165, 1.54) is 20.9 Å². The normalized spacial score (nSPS) is 8.43. The van der Waals surface area contributed by atoms with Crippen molar-refractivity contribution in [1.29, 1.82) is 0 Å². The van der Waals surface area contributed by atoms with Crippen LogP contribution in [0.5, 0.6) is 0 Å². The lowest BCUT2D eigenvalue weighted by atomic mass is 10.1. The summed E-state index contributed by atoms with van der Waals surface area (Å²) in [6.07, 6.45) is 12.1. The van der Waals surface area contributed by atoms with Crippen LogP contribution in [0.25, 0.3) is 24.3 Å². The van der Waals surface area contributed by atoms with Crippen molar-refractivity contribution in [3.05, 3.63) is 46.2 Å². The van der Waals surface area contributed by atoms with Gasteiger partial charge in [-0.15, -0.1) is 11.3 Å². The van der Waals surface area contributed by atoms with E-state index in [-0.39, 0.29) is 0 Å². The molecule has 1 heterocycles. The zero-order valence-electron chi connectivity index (χ0n) is 17.3. The fourth-order valence-corrected chi connectivity index (χ4v) is 2.45. The highest BCUT2D eigenvalue weighted by molar-refractivity contribution is 7.14. The van der Waals surface area contributed by atoms with Crippen LogP contribution in [0.4, 0.5) is 0 Å². The Morgan fingerprint density at radius 1 is 0.609 bits per heavy atom. The molecular weight excluding hydrogens is 296 g/mol. The zero-order valence-corrected chi connectivity index (χ0v) is 18.1. The first-order valence-corrected chi connectivity index (χ1v) is 9.77. The second-order valence-corrected chi connectivity index (χ2v) is 4.15. The molecule has 1 aromatic rings. The monoisotopic (exact) mass is 336 g/mol. The molecule has 0 radical (unpaired) electrons. The van der Waals surface area contributed by atoms with E-state index in [0.717, 1.165) is 0 Å². The van der Waals surface area contributed by atoms with Crippen LogP contribution in [0.2, 0.25) is 0 Å². The van der Waals surface area contributed by atoms with Gasteiger partial charge in [0.15, 0.2) is 0 Å². The summed E-state index contributed by atoms with van der Waals surface area (Å²) in [5, 5.41) is 0. The third kappa shape index (κ3) is 11.8. The van der Waals surface area contributed by atoms with Crippen molar-refractivity contribution in [3.63, 3.8) is 0 Å². The molecule has 0 N–H and O–H groups in total. The van der Waals surface area contributed by atoms with Crippen molar-refractivity contribution in [1.82, 2.24) is 0 Å². The highest BCUT2D eigenvalue weighted by atomic mass is 32.1. The van der Waals surface area contributed by atoms with Crippen LogP contribution in [0, 0.1) is 0 Å². The Bertz CT molecular complexity index is 379. The second-order valence-electron chi connectivity index (χ2n) is 3.07. The Labute approximate surface area is 151 Å². The van der Waals surface area contributed by atoms with Crippen LogP contribution in [-0.2, 0) is 0 Å². The topological polar surface area (TPSA) is 0 Å². The van der Waals surface area contributed by atoms with Gasteiger partial charge in [-0.2, -0.15) is 0 Å². The van der Waals surface area contributed by atoms with Crippen LogP contribution in [0.3, 0.4) is 0 Å². The fraction of sp³-hybridized carbons (Fsp3) is 0.455. The quantitative estimate of drug-likeness (QED) is 0.514. The predicted molar refractivity (Wildman–Crippen MR) is 119 cm³/mol. The van der Waals surface area contributed by atoms with Gasteiger partial charge < -0.3 is 0 Å². The minimum absolute atomic E-state index is 1.20. The summed E-state index contributed by atoms with van der Waals surface area (Å²) >= 11 is 1.73. The van der Waals surface area contributed by atoms with Crippen molar-refractivity contribution in [2.24, 2.45) is 0 Å². The van der Waals surface area contributed by atoms with Crippen LogP contribution in [0.1, 0.15) is 90.1 Å². The zero-order chi connectivity index (χ0) is 19.3. The summed E-state index contributed by atoms with van der Waals surface area (Å²) in [5.41, 5.74) is 2.48. The van der Waals surface area contributed by atoms with Crippen LogP contribution < -0.4 is 0 Å². The van der Waals surface area contributed by atoms with Crippen LogP contribution in [0.15, 0.2) is 25.3 Å². The molecule has 0 nitrogen and oxygen atoms in total. The summed E-state index contributed by atoms with van der Waals surface area (Å²) in [6, 6.07) is 0. The van der Waals surface area contributed by atoms with Crippen molar-refractivity contribution in [3.8, 4) is 0 Å². The van der Waals surface area contributed by atoms with E-state index in [9.17, 15) is 0 Å². The lowest BCUT2D eigenvalue weighted by Crippen LogP contribution is -1.77. The van der Waals surface area contributed by atoms with E-state index >= 15 is 0 Å². The predicted octanol–water partition coefficient (Wildman–Crippen LogP) is 9.21. The molecule has 1 aromatic heterocycles. The van der Waals surface area contributed by atoms with Gasteiger partial charge >= 0.3 is 0 Å². The van der Waals surface area contributed by atoms with Gasteiger partial charge in [0, 0.05) is 9.75 Å². The van der Waals surface area contributed by atoms with E-state index in [4.69, 9.17) is 0 Å². The maximum atomic E-state index is 3.84. The van der Waals surface area contributed by atoms with Crippen molar-refractivity contribution >= 4 is 35.6 Å². The van der Waals surface area contributed by atoms with E-state index < -0.39 is 0 Å². The number of thiophene rings is 1. The van der Waals surface area contributed by atoms with Crippen LogP contribution >= 0.6 is 11.3 Å². The van der Waals surface area contributed by atoms with Gasteiger partial charge in [-0.25, -0.2) is 0 Å². The van der Waals surface area contributed by atoms with Gasteiger partial charge in [-0.3, -0.25) is 0 Å². The highest BCUT2D eigenvalue weighted by Crippen LogP contribution is 2.32. The number of allylic oxidation sites excluding steroid dienone is 2. The molecule has 0 aliphatic carbocycles. The largest absolute Gasteiger partial charge is 0.135 e. The van der Waals surface area contributed by atoms with Gasteiger partial charge in [0.2, 0.25) is 0 Å². The Hall–Kier alpha value is -1.34. The molecule has 0 bridgehead atoms. The lowest BCUT2D eigenvalue weighted by molar-refractivity contribution is 1.50. The third-order valence-electron chi connectivity index (χ3n) is 2.08. The second kappa shape index (κ2) is 25.6. The minimum atomic E-state index is 1.20. The summed E-state index contributed by atoms with van der Waals surface area (Å²) in [7, 11) is 0. The summed E-state index contributed by atoms with van der Waals surface area (Å²) in [5.74, 6) is 0. The maximum Gasteiger partial charge on any atom is 0.0349 e. The smallest absolute Gasteiger partial charge is 0.0349 e. The molecule has 0 spiro atoms. The Morgan fingerprint density at radius 2 is 0.870 bits per heavy atom. The van der Waals surface area contributed by atoms with Gasteiger partial charge in [0.25, 0.3) is 0 Å². The van der Waals surface area contributed by atoms with E-state index in [2.05, 4.69) is 37.5 Å². The molecule has 0 aliphatic rings. The first-order valence-electron chi connectivity index (χ1n) is 8.95. The standard InChI is InChI=1S/C14H16S.4C2H6/c1-5-9-11-12(10-6-2)14(8-4)15-13(11)7-3;4*1-2/h5-10H,3-4H2,1-2H3;4*1-2H3/b9-5-,10-6-;;;;. The molecule has 0 aliphatic heterocycles. The molecule has 0 aromatic carbocycles. The average Bonchev–Trinajstić information content (AvgIpc) is 2.99. The summed E-state index contributed by atoms with van der Waals surface area (Å²) in [4.78, 5) is 2.41. The average molecular weight is 337 g/mol. The minimum Gasteiger partial charge on any atom is -0.135 e. The first kappa shape index (κ1) is 29.6.